The van der Waals surface area contributed by atoms with Crippen molar-refractivity contribution in [2.75, 3.05) is 0 Å². The van der Waals surface area contributed by atoms with Crippen molar-refractivity contribution < 1.29 is 4.74 Å². The van der Waals surface area contributed by atoms with Crippen molar-refractivity contribution in [2.45, 2.75) is 25.5 Å². The highest BCUT2D eigenvalue weighted by Gasteiger charge is 2.48. The van der Waals surface area contributed by atoms with Gasteiger partial charge in [-0.25, -0.2) is 4.99 Å². The Hall–Kier alpha value is -2.87. The molecule has 3 aromatic rings. The van der Waals surface area contributed by atoms with Crippen molar-refractivity contribution in [1.29, 1.82) is 0 Å². The number of hydrogen-bond donors (Lipinski definition) is 0. The number of hydrogen-bond acceptors (Lipinski definition) is 2. The third kappa shape index (κ3) is 3.15. The Morgan fingerprint density at radius 2 is 1.15 bits per heavy atom. The van der Waals surface area contributed by atoms with Crippen LogP contribution in [0.4, 0.5) is 0 Å². The average molecular weight is 342 g/mol. The summed E-state index contributed by atoms with van der Waals surface area (Å²) in [5.41, 5.74) is 2.85. The molecule has 0 bridgehead atoms. The van der Waals surface area contributed by atoms with E-state index >= 15 is 0 Å². The van der Waals surface area contributed by atoms with Crippen LogP contribution in [0.15, 0.2) is 96.0 Å². The van der Waals surface area contributed by atoms with Gasteiger partial charge < -0.3 is 11.7 Å². The molecule has 0 amide bonds. The zero-order chi connectivity index (χ0) is 18.4. The quantitative estimate of drug-likeness (QED) is 0.538. The van der Waals surface area contributed by atoms with Crippen LogP contribution < -0.4 is 0 Å². The van der Waals surface area contributed by atoms with Crippen LogP contribution in [0.1, 0.15) is 36.6 Å². The molecule has 1 heterocycles. The van der Waals surface area contributed by atoms with E-state index in [2.05, 4.69) is 67.6 Å². The Morgan fingerprint density at radius 3 is 1.62 bits per heavy atom. The van der Waals surface area contributed by atoms with E-state index < -0.39 is 5.54 Å². The molecule has 0 aromatic heterocycles. The molecule has 0 aliphatic carbocycles. The van der Waals surface area contributed by atoms with E-state index in [1.807, 2.05) is 37.3 Å². The van der Waals surface area contributed by atoms with Gasteiger partial charge in [0.15, 0.2) is 17.5 Å². The first-order chi connectivity index (χ1) is 12.8. The molecule has 2 heteroatoms. The molecule has 0 spiro atoms. The standard InChI is InChI=1S/C22H19NO.C2H5/c1-17-23-22(19-13-7-3-8-14-19,20-15-9-4-10-16-20)21(24-17)18-11-5-2-6-12-18;1-2/h2-16,21H,1H3;1H2,2H3/q;-1. The lowest BCUT2D eigenvalue weighted by Crippen LogP contribution is -2.30. The number of rotatable bonds is 3. The first-order valence-electron chi connectivity index (χ1n) is 8.90. The van der Waals surface area contributed by atoms with Crippen molar-refractivity contribution in [3.05, 3.63) is 115 Å². The van der Waals surface area contributed by atoms with E-state index in [4.69, 9.17) is 9.73 Å². The Labute approximate surface area is 156 Å². The number of benzene rings is 3. The maximum Gasteiger partial charge on any atom is 0.182 e. The van der Waals surface area contributed by atoms with Crippen molar-refractivity contribution in [1.82, 2.24) is 0 Å². The van der Waals surface area contributed by atoms with Gasteiger partial charge in [0.2, 0.25) is 0 Å². The molecule has 132 valence electrons. The van der Waals surface area contributed by atoms with Gasteiger partial charge in [0.1, 0.15) is 0 Å². The lowest BCUT2D eigenvalue weighted by molar-refractivity contribution is 0.157. The fourth-order valence-corrected chi connectivity index (χ4v) is 3.51. The first kappa shape index (κ1) is 17.9. The third-order valence-electron chi connectivity index (χ3n) is 4.53. The summed E-state index contributed by atoms with van der Waals surface area (Å²) in [4.78, 5) is 5.01. The van der Waals surface area contributed by atoms with E-state index in [-0.39, 0.29) is 6.10 Å². The first-order valence-corrected chi connectivity index (χ1v) is 8.90. The Morgan fingerprint density at radius 1 is 0.731 bits per heavy atom. The van der Waals surface area contributed by atoms with Gasteiger partial charge in [0.25, 0.3) is 0 Å². The Balaban J connectivity index is 0.000000948. The van der Waals surface area contributed by atoms with Crippen LogP contribution in [0.3, 0.4) is 0 Å². The lowest BCUT2D eigenvalue weighted by atomic mass is 9.76. The molecular weight excluding hydrogens is 318 g/mol. The Bertz CT molecular complexity index is 802. The van der Waals surface area contributed by atoms with Crippen LogP contribution in [0, 0.1) is 6.92 Å². The molecule has 1 unspecified atom stereocenters. The molecule has 0 fully saturated rings. The minimum atomic E-state index is -0.562. The summed E-state index contributed by atoms with van der Waals surface area (Å²) in [5.74, 6) is 0.719. The molecule has 1 aliphatic rings. The van der Waals surface area contributed by atoms with E-state index in [9.17, 15) is 0 Å². The SMILES string of the molecule is CC1=NC(c2ccccc2)(c2ccccc2)C(c2ccccc2)O1.[CH2-]C. The molecule has 0 N–H and O–H groups in total. The second-order valence-electron chi connectivity index (χ2n) is 6.04. The van der Waals surface area contributed by atoms with Gasteiger partial charge in [0.05, 0.1) is 0 Å². The average Bonchev–Trinajstić information content (AvgIpc) is 3.10. The van der Waals surface area contributed by atoms with Crippen molar-refractivity contribution in [2.24, 2.45) is 4.99 Å². The minimum Gasteiger partial charge on any atom is -0.470 e. The summed E-state index contributed by atoms with van der Waals surface area (Å²) in [6.07, 6.45) is -0.177. The maximum atomic E-state index is 6.22. The molecular formula is C24H24NO-. The Kier molecular flexibility index (Phi) is 5.52. The molecule has 0 saturated heterocycles. The molecule has 26 heavy (non-hydrogen) atoms. The van der Waals surface area contributed by atoms with Crippen LogP contribution in [0.2, 0.25) is 0 Å². The van der Waals surface area contributed by atoms with Crippen LogP contribution >= 0.6 is 0 Å². The summed E-state index contributed by atoms with van der Waals surface area (Å²) in [5, 5.41) is 0. The van der Waals surface area contributed by atoms with Crippen LogP contribution in [0.25, 0.3) is 0 Å². The molecule has 1 atom stereocenters. The number of aliphatic imine (C=N–C) groups is 1. The van der Waals surface area contributed by atoms with Gasteiger partial charge in [-0.1, -0.05) is 91.0 Å². The highest BCUT2D eigenvalue weighted by Crippen LogP contribution is 2.50. The lowest BCUT2D eigenvalue weighted by Gasteiger charge is -2.33. The summed E-state index contributed by atoms with van der Waals surface area (Å²) < 4.78 is 6.22. The van der Waals surface area contributed by atoms with Crippen molar-refractivity contribution >= 4 is 5.90 Å². The predicted molar refractivity (Wildman–Crippen MR) is 108 cm³/mol. The highest BCUT2D eigenvalue weighted by atomic mass is 16.5. The van der Waals surface area contributed by atoms with Crippen molar-refractivity contribution in [3.8, 4) is 0 Å². The highest BCUT2D eigenvalue weighted by molar-refractivity contribution is 5.77. The smallest absolute Gasteiger partial charge is 0.182 e. The fourth-order valence-electron chi connectivity index (χ4n) is 3.51. The fraction of sp³-hybridized carbons (Fsp3) is 0.167. The van der Waals surface area contributed by atoms with E-state index in [1.54, 1.807) is 6.92 Å². The van der Waals surface area contributed by atoms with Crippen LogP contribution in [-0.4, -0.2) is 5.90 Å². The van der Waals surface area contributed by atoms with Crippen molar-refractivity contribution in [3.63, 3.8) is 0 Å². The molecule has 2 nitrogen and oxygen atoms in total. The molecule has 0 saturated carbocycles. The predicted octanol–water partition coefficient (Wildman–Crippen LogP) is 5.96. The number of ether oxygens (including phenoxy) is 1. The minimum absolute atomic E-state index is 0.177. The molecule has 4 rings (SSSR count). The van der Waals surface area contributed by atoms with Gasteiger partial charge >= 0.3 is 0 Å². The van der Waals surface area contributed by atoms with Crippen LogP contribution in [0.5, 0.6) is 0 Å². The molecule has 0 radical (unpaired) electrons. The van der Waals surface area contributed by atoms with Gasteiger partial charge in [-0.05, 0) is 16.7 Å². The second-order valence-corrected chi connectivity index (χ2v) is 6.04. The normalized spacial score (nSPS) is 17.5. The molecule has 3 aromatic carbocycles. The summed E-state index contributed by atoms with van der Waals surface area (Å²) in [7, 11) is 0. The zero-order valence-corrected chi connectivity index (χ0v) is 15.3. The summed E-state index contributed by atoms with van der Waals surface area (Å²) in [6, 6.07) is 31.2. The second kappa shape index (κ2) is 8.01. The summed E-state index contributed by atoms with van der Waals surface area (Å²) >= 11 is 0. The third-order valence-corrected chi connectivity index (χ3v) is 4.53. The summed E-state index contributed by atoms with van der Waals surface area (Å²) in [6.45, 7) is 6.93. The number of nitrogens with zero attached hydrogens (tertiary/aromatic N) is 1. The van der Waals surface area contributed by atoms with Gasteiger partial charge in [-0.15, -0.1) is 0 Å². The monoisotopic (exact) mass is 342 g/mol. The van der Waals surface area contributed by atoms with Gasteiger partial charge in [0, 0.05) is 6.92 Å². The van der Waals surface area contributed by atoms with Gasteiger partial charge in [-0.3, -0.25) is 0 Å². The van der Waals surface area contributed by atoms with E-state index in [0.29, 0.717) is 0 Å². The zero-order valence-electron chi connectivity index (χ0n) is 15.3. The van der Waals surface area contributed by atoms with E-state index in [0.717, 1.165) is 22.6 Å². The van der Waals surface area contributed by atoms with Gasteiger partial charge in [-0.2, -0.15) is 6.92 Å². The van der Waals surface area contributed by atoms with E-state index in [1.165, 1.54) is 0 Å². The molecule has 1 aliphatic heterocycles. The topological polar surface area (TPSA) is 21.6 Å². The van der Waals surface area contributed by atoms with Crippen LogP contribution in [-0.2, 0) is 10.3 Å². The maximum absolute atomic E-state index is 6.22. The largest absolute Gasteiger partial charge is 0.470 e.